The van der Waals surface area contributed by atoms with Crippen LogP contribution in [0.25, 0.3) is 0 Å². The number of likely N-dealkylation sites (tertiary alicyclic amines) is 2. The van der Waals surface area contributed by atoms with E-state index in [0.29, 0.717) is 0 Å². The molecule has 2 aliphatic rings. The van der Waals surface area contributed by atoms with Gasteiger partial charge < -0.3 is 15.1 Å². The van der Waals surface area contributed by atoms with E-state index in [2.05, 4.69) is 29.0 Å². The largest absolute Gasteiger partial charge is 0.313 e. The Bertz CT molecular complexity index is 236. The van der Waals surface area contributed by atoms with Gasteiger partial charge in [-0.3, -0.25) is 0 Å². The molecule has 1 atom stereocenters. The SMILES string of the molecule is CCN1CCCC(NCCN2CCC(C)CC2)CC1. The van der Waals surface area contributed by atoms with Gasteiger partial charge >= 0.3 is 0 Å². The van der Waals surface area contributed by atoms with Crippen molar-refractivity contribution in [2.75, 3.05) is 45.8 Å². The van der Waals surface area contributed by atoms with Crippen LogP contribution < -0.4 is 5.32 Å². The zero-order valence-electron chi connectivity index (χ0n) is 13.0. The van der Waals surface area contributed by atoms with Gasteiger partial charge in [0.25, 0.3) is 0 Å². The highest BCUT2D eigenvalue weighted by Gasteiger charge is 2.17. The normalized spacial score (nSPS) is 28.4. The van der Waals surface area contributed by atoms with Crippen molar-refractivity contribution in [2.45, 2.75) is 52.0 Å². The molecule has 0 radical (unpaired) electrons. The number of hydrogen-bond donors (Lipinski definition) is 1. The fourth-order valence-electron chi connectivity index (χ4n) is 3.39. The zero-order chi connectivity index (χ0) is 13.5. The monoisotopic (exact) mass is 267 g/mol. The van der Waals surface area contributed by atoms with Crippen LogP contribution in [-0.4, -0.2) is 61.7 Å². The predicted octanol–water partition coefficient (Wildman–Crippen LogP) is 2.18. The minimum absolute atomic E-state index is 0.764. The maximum absolute atomic E-state index is 3.80. The second-order valence-corrected chi connectivity index (χ2v) is 6.54. The van der Waals surface area contributed by atoms with E-state index in [1.165, 1.54) is 77.9 Å². The Morgan fingerprint density at radius 2 is 1.68 bits per heavy atom. The quantitative estimate of drug-likeness (QED) is 0.824. The molecule has 19 heavy (non-hydrogen) atoms. The fourth-order valence-corrected chi connectivity index (χ4v) is 3.39. The van der Waals surface area contributed by atoms with Gasteiger partial charge in [0.15, 0.2) is 0 Å². The number of hydrogen-bond acceptors (Lipinski definition) is 3. The molecule has 2 fully saturated rings. The van der Waals surface area contributed by atoms with Crippen LogP contribution in [0.5, 0.6) is 0 Å². The van der Waals surface area contributed by atoms with E-state index in [1.807, 2.05) is 0 Å². The van der Waals surface area contributed by atoms with E-state index in [4.69, 9.17) is 0 Å². The summed E-state index contributed by atoms with van der Waals surface area (Å²) in [6, 6.07) is 0.764. The van der Waals surface area contributed by atoms with Gasteiger partial charge in [0.05, 0.1) is 0 Å². The number of nitrogens with one attached hydrogen (secondary N) is 1. The first-order chi connectivity index (χ1) is 9.28. The third kappa shape index (κ3) is 5.41. The van der Waals surface area contributed by atoms with E-state index in [9.17, 15) is 0 Å². The lowest BCUT2D eigenvalue weighted by Gasteiger charge is -2.30. The summed E-state index contributed by atoms with van der Waals surface area (Å²) in [7, 11) is 0. The van der Waals surface area contributed by atoms with Crippen molar-refractivity contribution in [1.82, 2.24) is 15.1 Å². The molecule has 1 N–H and O–H groups in total. The van der Waals surface area contributed by atoms with Crippen LogP contribution in [0.2, 0.25) is 0 Å². The van der Waals surface area contributed by atoms with Crippen LogP contribution in [0.1, 0.15) is 46.0 Å². The van der Waals surface area contributed by atoms with Gasteiger partial charge in [-0.2, -0.15) is 0 Å². The average molecular weight is 267 g/mol. The van der Waals surface area contributed by atoms with Crippen LogP contribution in [0, 0.1) is 5.92 Å². The molecule has 1 unspecified atom stereocenters. The molecule has 0 spiro atoms. The van der Waals surface area contributed by atoms with Crippen molar-refractivity contribution in [3.05, 3.63) is 0 Å². The molecule has 0 aromatic heterocycles. The van der Waals surface area contributed by atoms with Gasteiger partial charge in [0.2, 0.25) is 0 Å². The molecule has 112 valence electrons. The second-order valence-electron chi connectivity index (χ2n) is 6.54. The van der Waals surface area contributed by atoms with Crippen molar-refractivity contribution >= 4 is 0 Å². The minimum atomic E-state index is 0.764. The summed E-state index contributed by atoms with van der Waals surface area (Å²) in [4.78, 5) is 5.23. The summed E-state index contributed by atoms with van der Waals surface area (Å²) in [6.07, 6.45) is 6.87. The van der Waals surface area contributed by atoms with Gasteiger partial charge in [0, 0.05) is 19.1 Å². The van der Waals surface area contributed by atoms with Crippen molar-refractivity contribution in [3.63, 3.8) is 0 Å². The van der Waals surface area contributed by atoms with Gasteiger partial charge in [0.1, 0.15) is 0 Å². The molecule has 0 bridgehead atoms. The molecular weight excluding hydrogens is 234 g/mol. The van der Waals surface area contributed by atoms with Gasteiger partial charge in [-0.25, -0.2) is 0 Å². The molecule has 0 amide bonds. The second kappa shape index (κ2) is 8.23. The lowest BCUT2D eigenvalue weighted by atomic mass is 9.99. The van der Waals surface area contributed by atoms with Crippen LogP contribution in [0.3, 0.4) is 0 Å². The smallest absolute Gasteiger partial charge is 0.0107 e. The first-order valence-corrected chi connectivity index (χ1v) is 8.46. The molecule has 0 aromatic rings. The Hall–Kier alpha value is -0.120. The van der Waals surface area contributed by atoms with Crippen LogP contribution in [-0.2, 0) is 0 Å². The molecule has 3 heteroatoms. The molecule has 2 heterocycles. The standard InChI is InChI=1S/C16H33N3/c1-3-18-10-4-5-16(8-13-18)17-9-14-19-11-6-15(2)7-12-19/h15-17H,3-14H2,1-2H3. The number of rotatable bonds is 5. The Morgan fingerprint density at radius 1 is 0.947 bits per heavy atom. The molecule has 0 aromatic carbocycles. The van der Waals surface area contributed by atoms with Crippen molar-refractivity contribution < 1.29 is 0 Å². The van der Waals surface area contributed by atoms with E-state index >= 15 is 0 Å². The highest BCUT2D eigenvalue weighted by Crippen LogP contribution is 2.15. The van der Waals surface area contributed by atoms with E-state index < -0.39 is 0 Å². The van der Waals surface area contributed by atoms with Crippen LogP contribution >= 0.6 is 0 Å². The molecule has 3 nitrogen and oxygen atoms in total. The predicted molar refractivity (Wildman–Crippen MR) is 82.6 cm³/mol. The van der Waals surface area contributed by atoms with E-state index in [0.717, 1.165) is 12.0 Å². The fraction of sp³-hybridized carbons (Fsp3) is 1.00. The maximum Gasteiger partial charge on any atom is 0.0107 e. The van der Waals surface area contributed by atoms with Crippen molar-refractivity contribution in [3.8, 4) is 0 Å². The molecule has 2 saturated heterocycles. The first kappa shape index (κ1) is 15.3. The zero-order valence-corrected chi connectivity index (χ0v) is 13.0. The number of nitrogens with zero attached hydrogens (tertiary/aromatic N) is 2. The Kier molecular flexibility index (Phi) is 6.62. The minimum Gasteiger partial charge on any atom is -0.313 e. The summed E-state index contributed by atoms with van der Waals surface area (Å²) >= 11 is 0. The van der Waals surface area contributed by atoms with Gasteiger partial charge in [-0.05, 0) is 70.7 Å². The van der Waals surface area contributed by atoms with Crippen LogP contribution in [0.15, 0.2) is 0 Å². The van der Waals surface area contributed by atoms with Crippen LogP contribution in [0.4, 0.5) is 0 Å². The molecule has 0 aliphatic carbocycles. The highest BCUT2D eigenvalue weighted by atomic mass is 15.2. The third-order valence-electron chi connectivity index (χ3n) is 5.01. The molecule has 2 aliphatic heterocycles. The summed E-state index contributed by atoms with van der Waals surface area (Å²) in [5.41, 5.74) is 0. The lowest BCUT2D eigenvalue weighted by molar-refractivity contribution is 0.190. The Balaban J connectivity index is 1.57. The summed E-state index contributed by atoms with van der Waals surface area (Å²) < 4.78 is 0. The maximum atomic E-state index is 3.80. The highest BCUT2D eigenvalue weighted by molar-refractivity contribution is 4.76. The van der Waals surface area contributed by atoms with Gasteiger partial charge in [-0.1, -0.05) is 13.8 Å². The van der Waals surface area contributed by atoms with Crippen molar-refractivity contribution in [1.29, 1.82) is 0 Å². The van der Waals surface area contributed by atoms with E-state index in [-0.39, 0.29) is 0 Å². The Morgan fingerprint density at radius 3 is 2.42 bits per heavy atom. The van der Waals surface area contributed by atoms with E-state index in [1.54, 1.807) is 0 Å². The summed E-state index contributed by atoms with van der Waals surface area (Å²) in [5.74, 6) is 0.950. The molecule has 0 saturated carbocycles. The average Bonchev–Trinajstić information content (AvgIpc) is 2.66. The summed E-state index contributed by atoms with van der Waals surface area (Å²) in [6.45, 7) is 13.6. The Labute approximate surface area is 119 Å². The lowest BCUT2D eigenvalue weighted by Crippen LogP contribution is -2.40. The third-order valence-corrected chi connectivity index (χ3v) is 5.01. The molecular formula is C16H33N3. The summed E-state index contributed by atoms with van der Waals surface area (Å²) in [5, 5.41) is 3.80. The number of piperidine rings is 1. The van der Waals surface area contributed by atoms with Gasteiger partial charge in [-0.15, -0.1) is 0 Å². The van der Waals surface area contributed by atoms with Crippen molar-refractivity contribution in [2.24, 2.45) is 5.92 Å². The molecule has 2 rings (SSSR count). The first-order valence-electron chi connectivity index (χ1n) is 8.46. The topological polar surface area (TPSA) is 18.5 Å².